The van der Waals surface area contributed by atoms with Gasteiger partial charge in [-0.2, -0.15) is 0 Å². The van der Waals surface area contributed by atoms with Crippen LogP contribution in [0.1, 0.15) is 17.3 Å². The number of benzene rings is 1. The Balaban J connectivity index is 2.98. The maximum Gasteiger partial charge on any atom is 0.573 e. The quantitative estimate of drug-likeness (QED) is 0.619. The van der Waals surface area contributed by atoms with Crippen molar-refractivity contribution >= 4 is 29.0 Å². The molecule has 0 N–H and O–H groups in total. The first-order valence-corrected chi connectivity index (χ1v) is 5.25. The number of rotatable bonds is 3. The third kappa shape index (κ3) is 4.09. The van der Waals surface area contributed by atoms with Crippen LogP contribution in [0.4, 0.5) is 13.2 Å². The summed E-state index contributed by atoms with van der Waals surface area (Å²) in [4.78, 5) is 11.4. The summed E-state index contributed by atoms with van der Waals surface area (Å²) in [5.41, 5.74) is 0.132. The van der Waals surface area contributed by atoms with Gasteiger partial charge in [-0.15, -0.1) is 24.8 Å². The van der Waals surface area contributed by atoms with Crippen LogP contribution in [0.25, 0.3) is 0 Å². The number of carbonyl (C=O) groups is 1. The Morgan fingerprint density at radius 3 is 2.41 bits per heavy atom. The summed E-state index contributed by atoms with van der Waals surface area (Å²) in [5, 5.41) is -1.08. The van der Waals surface area contributed by atoms with Crippen molar-refractivity contribution in [2.75, 3.05) is 0 Å². The highest BCUT2D eigenvalue weighted by molar-refractivity contribution is 6.35. The number of hydrogen-bond acceptors (Lipinski definition) is 2. The Morgan fingerprint density at radius 2 is 2.00 bits per heavy atom. The molecule has 0 aliphatic carbocycles. The molecule has 1 rings (SSSR count). The number of alkyl halides is 4. The highest BCUT2D eigenvalue weighted by Gasteiger charge is 2.32. The standard InChI is InChI=1S/C10H7Cl2F3O2/c1-5(11)9(16)6-2-3-8(7(12)4-6)17-10(13,14)15/h2-5H,1H3. The molecule has 0 amide bonds. The molecule has 2 nitrogen and oxygen atoms in total. The average Bonchev–Trinajstić information content (AvgIpc) is 2.18. The average molecular weight is 287 g/mol. The van der Waals surface area contributed by atoms with Crippen LogP contribution >= 0.6 is 23.2 Å². The van der Waals surface area contributed by atoms with E-state index in [1.807, 2.05) is 0 Å². The monoisotopic (exact) mass is 286 g/mol. The summed E-state index contributed by atoms with van der Waals surface area (Å²) in [6.45, 7) is 1.46. The first-order valence-electron chi connectivity index (χ1n) is 4.44. The van der Waals surface area contributed by atoms with E-state index >= 15 is 0 Å². The van der Waals surface area contributed by atoms with Crippen molar-refractivity contribution in [2.45, 2.75) is 18.7 Å². The van der Waals surface area contributed by atoms with Crippen molar-refractivity contribution < 1.29 is 22.7 Å². The number of carbonyl (C=O) groups excluding carboxylic acids is 1. The second kappa shape index (κ2) is 5.14. The van der Waals surface area contributed by atoms with Gasteiger partial charge in [-0.3, -0.25) is 4.79 Å². The number of hydrogen-bond donors (Lipinski definition) is 0. The Kier molecular flexibility index (Phi) is 4.27. The summed E-state index contributed by atoms with van der Waals surface area (Å²) in [5.74, 6) is -0.981. The van der Waals surface area contributed by atoms with Crippen molar-refractivity contribution in [3.05, 3.63) is 28.8 Å². The molecule has 0 bridgehead atoms. The normalized spacial score (nSPS) is 13.3. The predicted molar refractivity (Wildman–Crippen MR) is 57.8 cm³/mol. The van der Waals surface area contributed by atoms with Crippen LogP contribution in [0.15, 0.2) is 18.2 Å². The zero-order valence-electron chi connectivity index (χ0n) is 8.52. The van der Waals surface area contributed by atoms with Crippen LogP contribution in [-0.4, -0.2) is 17.5 Å². The fourth-order valence-electron chi connectivity index (χ4n) is 1.09. The fraction of sp³-hybridized carbons (Fsp3) is 0.300. The maximum absolute atomic E-state index is 11.9. The molecular formula is C10H7Cl2F3O2. The molecule has 0 aromatic heterocycles. The predicted octanol–water partition coefficient (Wildman–Crippen LogP) is 4.05. The highest BCUT2D eigenvalue weighted by Crippen LogP contribution is 2.31. The lowest BCUT2D eigenvalue weighted by Gasteiger charge is -2.11. The molecule has 0 aliphatic rings. The minimum Gasteiger partial charge on any atom is -0.404 e. The van der Waals surface area contributed by atoms with Crippen molar-refractivity contribution in [1.29, 1.82) is 0 Å². The second-order valence-electron chi connectivity index (χ2n) is 3.17. The van der Waals surface area contributed by atoms with Gasteiger partial charge in [-0.1, -0.05) is 11.6 Å². The first-order chi connectivity index (χ1) is 7.70. The topological polar surface area (TPSA) is 26.3 Å². The number of Topliss-reactive ketones (excluding diaryl/α,β-unsaturated/α-hetero) is 1. The van der Waals surface area contributed by atoms with Crippen LogP contribution in [0.2, 0.25) is 5.02 Å². The van der Waals surface area contributed by atoms with Crippen molar-refractivity contribution in [1.82, 2.24) is 0 Å². The Bertz CT molecular complexity index is 430. The Labute approximate surface area is 105 Å². The van der Waals surface area contributed by atoms with E-state index in [-0.39, 0.29) is 10.6 Å². The van der Waals surface area contributed by atoms with Gasteiger partial charge in [0.25, 0.3) is 0 Å². The van der Waals surface area contributed by atoms with E-state index in [4.69, 9.17) is 23.2 Å². The molecule has 0 saturated carbocycles. The summed E-state index contributed by atoms with van der Waals surface area (Å²) >= 11 is 11.1. The Hall–Kier alpha value is -0.940. The number of ketones is 1. The molecular weight excluding hydrogens is 280 g/mol. The van der Waals surface area contributed by atoms with E-state index in [9.17, 15) is 18.0 Å². The maximum atomic E-state index is 11.9. The smallest absolute Gasteiger partial charge is 0.404 e. The molecule has 0 fully saturated rings. The van der Waals surface area contributed by atoms with Crippen molar-refractivity contribution in [3.63, 3.8) is 0 Å². The summed E-state index contributed by atoms with van der Waals surface area (Å²) < 4.78 is 39.5. The van der Waals surface area contributed by atoms with Gasteiger partial charge in [0.1, 0.15) is 5.75 Å². The zero-order chi connectivity index (χ0) is 13.2. The van der Waals surface area contributed by atoms with E-state index in [2.05, 4.69) is 4.74 Å². The minimum atomic E-state index is -4.82. The van der Waals surface area contributed by atoms with Crippen molar-refractivity contribution in [3.8, 4) is 5.75 Å². The molecule has 0 heterocycles. The molecule has 1 atom stereocenters. The van der Waals surface area contributed by atoms with Crippen LogP contribution in [0, 0.1) is 0 Å². The Morgan fingerprint density at radius 1 is 1.41 bits per heavy atom. The van der Waals surface area contributed by atoms with Gasteiger partial charge in [0.2, 0.25) is 0 Å². The largest absolute Gasteiger partial charge is 0.573 e. The van der Waals surface area contributed by atoms with E-state index in [1.54, 1.807) is 0 Å². The molecule has 1 aromatic rings. The van der Waals surface area contributed by atoms with Gasteiger partial charge >= 0.3 is 6.36 Å². The third-order valence-corrected chi connectivity index (χ3v) is 2.30. The van der Waals surface area contributed by atoms with E-state index in [0.29, 0.717) is 0 Å². The van der Waals surface area contributed by atoms with E-state index in [0.717, 1.165) is 12.1 Å². The summed E-state index contributed by atoms with van der Waals surface area (Å²) in [6.07, 6.45) is -4.82. The lowest BCUT2D eigenvalue weighted by Crippen LogP contribution is -2.17. The molecule has 7 heteroatoms. The van der Waals surface area contributed by atoms with Crippen LogP contribution < -0.4 is 4.74 Å². The molecule has 1 aromatic carbocycles. The molecule has 0 aliphatic heterocycles. The van der Waals surface area contributed by atoms with Crippen LogP contribution in [0.5, 0.6) is 5.75 Å². The lowest BCUT2D eigenvalue weighted by atomic mass is 10.1. The summed E-state index contributed by atoms with van der Waals surface area (Å²) in [6, 6.07) is 3.24. The lowest BCUT2D eigenvalue weighted by molar-refractivity contribution is -0.274. The zero-order valence-corrected chi connectivity index (χ0v) is 10.0. The molecule has 1 unspecified atom stereocenters. The fourth-order valence-corrected chi connectivity index (χ4v) is 1.44. The molecule has 0 saturated heterocycles. The van der Waals surface area contributed by atoms with E-state index < -0.39 is 23.3 Å². The van der Waals surface area contributed by atoms with Gasteiger partial charge in [-0.05, 0) is 25.1 Å². The third-order valence-electron chi connectivity index (χ3n) is 1.80. The van der Waals surface area contributed by atoms with Crippen LogP contribution in [0.3, 0.4) is 0 Å². The van der Waals surface area contributed by atoms with Crippen molar-refractivity contribution in [2.24, 2.45) is 0 Å². The van der Waals surface area contributed by atoms with Gasteiger partial charge in [0.05, 0.1) is 10.4 Å². The second-order valence-corrected chi connectivity index (χ2v) is 4.24. The molecule has 94 valence electrons. The number of ether oxygens (including phenoxy) is 1. The first kappa shape index (κ1) is 14.1. The molecule has 0 radical (unpaired) electrons. The molecule has 17 heavy (non-hydrogen) atoms. The van der Waals surface area contributed by atoms with Gasteiger partial charge in [0, 0.05) is 5.56 Å². The van der Waals surface area contributed by atoms with Gasteiger partial charge in [0.15, 0.2) is 5.78 Å². The summed E-state index contributed by atoms with van der Waals surface area (Å²) in [7, 11) is 0. The van der Waals surface area contributed by atoms with Gasteiger partial charge < -0.3 is 4.74 Å². The minimum absolute atomic E-state index is 0.132. The highest BCUT2D eigenvalue weighted by atomic mass is 35.5. The number of halogens is 5. The van der Waals surface area contributed by atoms with E-state index in [1.165, 1.54) is 13.0 Å². The molecule has 0 spiro atoms. The SMILES string of the molecule is CC(Cl)C(=O)c1ccc(OC(F)(F)F)c(Cl)c1. The van der Waals surface area contributed by atoms with Gasteiger partial charge in [-0.25, -0.2) is 0 Å². The van der Waals surface area contributed by atoms with Crippen LogP contribution in [-0.2, 0) is 0 Å².